The van der Waals surface area contributed by atoms with Gasteiger partial charge in [0, 0.05) is 0 Å². The largest absolute Gasteiger partial charge is 0.480 e. The zero-order chi connectivity index (χ0) is 24.1. The van der Waals surface area contributed by atoms with E-state index >= 15 is 0 Å². The van der Waals surface area contributed by atoms with Crippen LogP contribution in [0.15, 0.2) is 0 Å². The summed E-state index contributed by atoms with van der Waals surface area (Å²) in [5.41, 5.74) is 0. The fourth-order valence-corrected chi connectivity index (χ4v) is 4.37. The fraction of sp³-hybridized carbons (Fsp3) is 0.810. The second-order valence-corrected chi connectivity index (χ2v) is 10.3. The molecule has 1 rings (SSSR count). The number of carboxylic acids is 1. The lowest BCUT2D eigenvalue weighted by Gasteiger charge is -2.26. The molecule has 0 saturated carbocycles. The van der Waals surface area contributed by atoms with Crippen LogP contribution in [-0.2, 0) is 19.2 Å². The summed E-state index contributed by atoms with van der Waals surface area (Å²) in [5.74, 6) is -0.894. The summed E-state index contributed by atoms with van der Waals surface area (Å²) in [6, 6.07) is -2.95. The molecule has 0 spiro atoms. The number of hydrogen-bond donors (Lipinski definition) is 5. The Hall–Kier alpha value is -1.46. The van der Waals surface area contributed by atoms with Crippen molar-refractivity contribution in [2.24, 2.45) is 5.92 Å². The molecule has 1 fully saturated rings. The molecule has 4 unspecified atom stereocenters. The number of thioether (sulfide) groups is 2. The van der Waals surface area contributed by atoms with Gasteiger partial charge >= 0.3 is 5.97 Å². The van der Waals surface area contributed by atoms with Gasteiger partial charge in [0.05, 0.1) is 6.04 Å². The molecule has 1 heterocycles. The molecule has 32 heavy (non-hydrogen) atoms. The summed E-state index contributed by atoms with van der Waals surface area (Å²) >= 11 is 3.07. The van der Waals surface area contributed by atoms with E-state index in [0.717, 1.165) is 19.4 Å². The molecule has 1 aliphatic rings. The van der Waals surface area contributed by atoms with E-state index in [0.29, 0.717) is 30.8 Å². The Morgan fingerprint density at radius 3 is 2.00 bits per heavy atom. The van der Waals surface area contributed by atoms with Gasteiger partial charge < -0.3 is 26.4 Å². The zero-order valence-corrected chi connectivity index (χ0v) is 21.1. The lowest BCUT2D eigenvalue weighted by molar-refractivity contribution is -0.142. The Morgan fingerprint density at radius 2 is 1.50 bits per heavy atom. The summed E-state index contributed by atoms with van der Waals surface area (Å²) in [6.45, 7) is 4.62. The molecule has 0 aromatic rings. The molecular formula is C21H38N4O5S2. The van der Waals surface area contributed by atoms with Crippen LogP contribution in [0.3, 0.4) is 0 Å². The normalized spacial score (nSPS) is 18.6. The highest BCUT2D eigenvalue weighted by atomic mass is 32.2. The van der Waals surface area contributed by atoms with Gasteiger partial charge in [-0.2, -0.15) is 23.5 Å². The third-order valence-electron chi connectivity index (χ3n) is 5.19. The molecule has 4 atom stereocenters. The van der Waals surface area contributed by atoms with Crippen molar-refractivity contribution >= 4 is 47.2 Å². The van der Waals surface area contributed by atoms with Crippen molar-refractivity contribution in [3.05, 3.63) is 0 Å². The average Bonchev–Trinajstić information content (AvgIpc) is 3.27. The summed E-state index contributed by atoms with van der Waals surface area (Å²) in [5, 5.41) is 20.7. The van der Waals surface area contributed by atoms with Crippen LogP contribution in [0, 0.1) is 5.92 Å². The molecule has 0 aromatic carbocycles. The number of hydrogen-bond acceptors (Lipinski definition) is 7. The molecule has 184 valence electrons. The third kappa shape index (κ3) is 10.4. The number of carbonyl (C=O) groups excluding carboxylic acids is 3. The van der Waals surface area contributed by atoms with Crippen molar-refractivity contribution in [2.75, 3.05) is 30.6 Å². The molecule has 1 saturated heterocycles. The first-order chi connectivity index (χ1) is 15.2. The van der Waals surface area contributed by atoms with Crippen LogP contribution in [0.1, 0.15) is 46.0 Å². The second kappa shape index (κ2) is 15.4. The Labute approximate surface area is 199 Å². The van der Waals surface area contributed by atoms with Gasteiger partial charge in [0.2, 0.25) is 17.7 Å². The van der Waals surface area contributed by atoms with Crippen LogP contribution in [0.5, 0.6) is 0 Å². The van der Waals surface area contributed by atoms with Crippen molar-refractivity contribution in [1.29, 1.82) is 0 Å². The number of carboxylic acid groups (broad SMARTS) is 1. The van der Waals surface area contributed by atoms with Crippen molar-refractivity contribution < 1.29 is 24.3 Å². The van der Waals surface area contributed by atoms with Gasteiger partial charge in [0.1, 0.15) is 18.1 Å². The Kier molecular flexibility index (Phi) is 13.7. The molecule has 5 N–H and O–H groups in total. The third-order valence-corrected chi connectivity index (χ3v) is 6.47. The minimum atomic E-state index is -1.10. The fourth-order valence-electron chi connectivity index (χ4n) is 3.43. The van der Waals surface area contributed by atoms with Gasteiger partial charge in [0.15, 0.2) is 0 Å². The Bertz CT molecular complexity index is 629. The first-order valence-corrected chi connectivity index (χ1v) is 13.8. The maximum Gasteiger partial charge on any atom is 0.326 e. The molecule has 0 bridgehead atoms. The van der Waals surface area contributed by atoms with Gasteiger partial charge in [-0.05, 0) is 68.6 Å². The van der Waals surface area contributed by atoms with Crippen LogP contribution in [-0.4, -0.2) is 83.5 Å². The lowest BCUT2D eigenvalue weighted by atomic mass is 10.0. The average molecular weight is 491 g/mol. The van der Waals surface area contributed by atoms with E-state index in [1.54, 1.807) is 11.8 Å². The number of carbonyl (C=O) groups is 4. The smallest absolute Gasteiger partial charge is 0.326 e. The standard InChI is InChI=1S/C21H38N4O5S2/c1-13(2)12-17(20(28)24-16(21(29)30)8-11-32-4)25-19(27)15(7-10-31-3)23-18(26)14-6-5-9-22-14/h13-17,22H,5-12H2,1-4H3,(H,23,26)(H,24,28)(H,25,27)(H,29,30). The minimum absolute atomic E-state index is 0.0995. The van der Waals surface area contributed by atoms with Crippen LogP contribution in [0.2, 0.25) is 0 Å². The molecular weight excluding hydrogens is 452 g/mol. The topological polar surface area (TPSA) is 137 Å². The van der Waals surface area contributed by atoms with Crippen molar-refractivity contribution in [3.8, 4) is 0 Å². The predicted octanol–water partition coefficient (Wildman–Crippen LogP) is 0.830. The molecule has 9 nitrogen and oxygen atoms in total. The van der Waals surface area contributed by atoms with Crippen LogP contribution < -0.4 is 21.3 Å². The van der Waals surface area contributed by atoms with E-state index in [1.165, 1.54) is 11.8 Å². The molecule has 1 aliphatic heterocycles. The Balaban J connectivity index is 2.86. The molecule has 11 heteroatoms. The SMILES string of the molecule is CSCCC(NC(=O)C(CC(C)C)NC(=O)C(CCSC)NC(=O)C1CCCN1)C(=O)O. The number of amides is 3. The monoisotopic (exact) mass is 490 g/mol. The summed E-state index contributed by atoms with van der Waals surface area (Å²) in [7, 11) is 0. The first kappa shape index (κ1) is 28.6. The van der Waals surface area contributed by atoms with E-state index in [4.69, 9.17) is 0 Å². The van der Waals surface area contributed by atoms with Gasteiger partial charge in [-0.15, -0.1) is 0 Å². The molecule has 0 aromatic heterocycles. The highest BCUT2D eigenvalue weighted by molar-refractivity contribution is 7.98. The van der Waals surface area contributed by atoms with Crippen molar-refractivity contribution in [1.82, 2.24) is 21.3 Å². The Morgan fingerprint density at radius 1 is 0.938 bits per heavy atom. The van der Waals surface area contributed by atoms with E-state index < -0.39 is 35.9 Å². The second-order valence-electron chi connectivity index (χ2n) is 8.36. The highest BCUT2D eigenvalue weighted by Gasteiger charge is 2.31. The number of aliphatic carboxylic acids is 1. The molecule has 0 aliphatic carbocycles. The summed E-state index contributed by atoms with van der Waals surface area (Å²) < 4.78 is 0. The van der Waals surface area contributed by atoms with Gasteiger partial charge in [-0.25, -0.2) is 4.79 Å². The van der Waals surface area contributed by atoms with Gasteiger partial charge in [-0.1, -0.05) is 13.8 Å². The zero-order valence-electron chi connectivity index (χ0n) is 19.4. The first-order valence-electron chi connectivity index (χ1n) is 11.0. The van der Waals surface area contributed by atoms with Crippen LogP contribution in [0.4, 0.5) is 0 Å². The minimum Gasteiger partial charge on any atom is -0.480 e. The van der Waals surface area contributed by atoms with Gasteiger partial charge in [0.25, 0.3) is 0 Å². The van der Waals surface area contributed by atoms with Crippen LogP contribution >= 0.6 is 23.5 Å². The maximum atomic E-state index is 13.0. The summed E-state index contributed by atoms with van der Waals surface area (Å²) in [4.78, 5) is 49.9. The highest BCUT2D eigenvalue weighted by Crippen LogP contribution is 2.10. The summed E-state index contributed by atoms with van der Waals surface area (Å²) in [6.07, 6.45) is 6.53. The maximum absolute atomic E-state index is 13.0. The van der Waals surface area contributed by atoms with E-state index in [1.807, 2.05) is 26.4 Å². The van der Waals surface area contributed by atoms with Crippen LogP contribution in [0.25, 0.3) is 0 Å². The number of rotatable bonds is 15. The van der Waals surface area contributed by atoms with E-state index in [9.17, 15) is 24.3 Å². The van der Waals surface area contributed by atoms with E-state index in [-0.39, 0.29) is 17.9 Å². The van der Waals surface area contributed by atoms with Crippen molar-refractivity contribution in [2.45, 2.75) is 70.1 Å². The molecule has 3 amide bonds. The van der Waals surface area contributed by atoms with Gasteiger partial charge in [-0.3, -0.25) is 14.4 Å². The predicted molar refractivity (Wildman–Crippen MR) is 130 cm³/mol. The van der Waals surface area contributed by atoms with Crippen molar-refractivity contribution in [3.63, 3.8) is 0 Å². The number of nitrogens with one attached hydrogen (secondary N) is 4. The molecule has 0 radical (unpaired) electrons. The quantitative estimate of drug-likeness (QED) is 0.228. The lowest BCUT2D eigenvalue weighted by Crippen LogP contribution is -2.57. The van der Waals surface area contributed by atoms with E-state index in [2.05, 4.69) is 21.3 Å².